The van der Waals surface area contributed by atoms with E-state index in [0.717, 1.165) is 19.4 Å². The van der Waals surface area contributed by atoms with Gasteiger partial charge in [0, 0.05) is 13.1 Å². The SMILES string of the molecule is CC(C)(C)OCC(O)CN1CCCC(O)C1. The van der Waals surface area contributed by atoms with Crippen LogP contribution < -0.4 is 0 Å². The van der Waals surface area contributed by atoms with Gasteiger partial charge in [-0.15, -0.1) is 0 Å². The second kappa shape index (κ2) is 5.96. The Morgan fingerprint density at radius 2 is 2.12 bits per heavy atom. The van der Waals surface area contributed by atoms with Crippen molar-refractivity contribution in [2.75, 3.05) is 26.2 Å². The zero-order chi connectivity index (χ0) is 12.2. The number of aliphatic hydroxyl groups excluding tert-OH is 2. The molecule has 4 nitrogen and oxygen atoms in total. The number of nitrogens with zero attached hydrogens (tertiary/aromatic N) is 1. The average Bonchev–Trinajstić information content (AvgIpc) is 2.14. The number of rotatable bonds is 4. The Labute approximate surface area is 98.2 Å². The van der Waals surface area contributed by atoms with Crippen molar-refractivity contribution in [1.29, 1.82) is 0 Å². The molecule has 2 atom stereocenters. The van der Waals surface area contributed by atoms with Gasteiger partial charge in [-0.25, -0.2) is 0 Å². The molecule has 1 aliphatic heterocycles. The Kier molecular flexibility index (Phi) is 5.18. The minimum atomic E-state index is -0.468. The van der Waals surface area contributed by atoms with E-state index in [0.29, 0.717) is 19.7 Å². The number of β-amino-alcohol motifs (C(OH)–C–C–N with tert-alkyl or cyclic N) is 2. The largest absolute Gasteiger partial charge is 0.392 e. The zero-order valence-electron chi connectivity index (χ0n) is 10.6. The van der Waals surface area contributed by atoms with Crippen molar-refractivity contribution in [3.8, 4) is 0 Å². The summed E-state index contributed by atoms with van der Waals surface area (Å²) in [6, 6.07) is 0. The fourth-order valence-corrected chi connectivity index (χ4v) is 1.89. The number of aliphatic hydroxyl groups is 2. The molecular weight excluding hydrogens is 206 g/mol. The summed E-state index contributed by atoms with van der Waals surface area (Å²) < 4.78 is 5.52. The van der Waals surface area contributed by atoms with Gasteiger partial charge in [0.1, 0.15) is 0 Å². The fraction of sp³-hybridized carbons (Fsp3) is 1.00. The summed E-state index contributed by atoms with van der Waals surface area (Å²) in [5.74, 6) is 0. The molecule has 0 aliphatic carbocycles. The number of ether oxygens (including phenoxy) is 1. The van der Waals surface area contributed by atoms with Crippen LogP contribution in [0, 0.1) is 0 Å². The maximum atomic E-state index is 9.80. The molecule has 2 unspecified atom stereocenters. The minimum Gasteiger partial charge on any atom is -0.392 e. The molecule has 1 aliphatic rings. The van der Waals surface area contributed by atoms with Crippen molar-refractivity contribution in [3.05, 3.63) is 0 Å². The van der Waals surface area contributed by atoms with Gasteiger partial charge >= 0.3 is 0 Å². The molecule has 0 bridgehead atoms. The van der Waals surface area contributed by atoms with Crippen LogP contribution in [-0.4, -0.2) is 59.2 Å². The van der Waals surface area contributed by atoms with E-state index in [2.05, 4.69) is 4.90 Å². The van der Waals surface area contributed by atoms with Crippen molar-refractivity contribution in [1.82, 2.24) is 4.90 Å². The van der Waals surface area contributed by atoms with Gasteiger partial charge in [-0.2, -0.15) is 0 Å². The first-order valence-corrected chi connectivity index (χ1v) is 6.09. The summed E-state index contributed by atoms with van der Waals surface area (Å²) in [5.41, 5.74) is -0.206. The Morgan fingerprint density at radius 1 is 1.44 bits per heavy atom. The van der Waals surface area contributed by atoms with Crippen LogP contribution in [0.1, 0.15) is 33.6 Å². The number of piperidine rings is 1. The van der Waals surface area contributed by atoms with E-state index in [1.54, 1.807) is 0 Å². The second-order valence-corrected chi connectivity index (χ2v) is 5.63. The number of hydrogen-bond donors (Lipinski definition) is 2. The first-order chi connectivity index (χ1) is 7.37. The van der Waals surface area contributed by atoms with Crippen molar-refractivity contribution >= 4 is 0 Å². The maximum absolute atomic E-state index is 9.80. The summed E-state index contributed by atoms with van der Waals surface area (Å²) in [7, 11) is 0. The third kappa shape index (κ3) is 5.80. The lowest BCUT2D eigenvalue weighted by atomic mass is 10.1. The molecule has 0 aromatic rings. The minimum absolute atomic E-state index is 0.206. The number of likely N-dealkylation sites (tertiary alicyclic amines) is 1. The highest BCUT2D eigenvalue weighted by Gasteiger charge is 2.21. The number of hydrogen-bond acceptors (Lipinski definition) is 4. The molecule has 96 valence electrons. The fourth-order valence-electron chi connectivity index (χ4n) is 1.89. The molecule has 0 saturated carbocycles. The molecule has 1 heterocycles. The van der Waals surface area contributed by atoms with Crippen LogP contribution in [0.5, 0.6) is 0 Å². The summed E-state index contributed by atoms with van der Waals surface area (Å²) in [6.07, 6.45) is 1.19. The lowest BCUT2D eigenvalue weighted by Gasteiger charge is -2.32. The molecule has 0 aromatic carbocycles. The van der Waals surface area contributed by atoms with E-state index in [4.69, 9.17) is 4.74 Å². The van der Waals surface area contributed by atoms with E-state index < -0.39 is 6.10 Å². The van der Waals surface area contributed by atoms with Crippen LogP contribution in [0.4, 0.5) is 0 Å². The highest BCUT2D eigenvalue weighted by Crippen LogP contribution is 2.11. The Morgan fingerprint density at radius 3 is 2.69 bits per heavy atom. The molecule has 1 rings (SSSR count). The van der Waals surface area contributed by atoms with Crippen LogP contribution in [0.15, 0.2) is 0 Å². The van der Waals surface area contributed by atoms with Gasteiger partial charge < -0.3 is 14.9 Å². The van der Waals surface area contributed by atoms with Gasteiger partial charge in [-0.3, -0.25) is 4.90 Å². The van der Waals surface area contributed by atoms with E-state index in [9.17, 15) is 10.2 Å². The Balaban J connectivity index is 2.20. The summed E-state index contributed by atoms with van der Waals surface area (Å²) >= 11 is 0. The van der Waals surface area contributed by atoms with Crippen LogP contribution in [0.25, 0.3) is 0 Å². The third-order valence-corrected chi connectivity index (χ3v) is 2.66. The molecule has 0 radical (unpaired) electrons. The van der Waals surface area contributed by atoms with Crippen LogP contribution in [0.2, 0.25) is 0 Å². The van der Waals surface area contributed by atoms with Crippen molar-refractivity contribution in [2.24, 2.45) is 0 Å². The lowest BCUT2D eigenvalue weighted by Crippen LogP contribution is -2.43. The second-order valence-electron chi connectivity index (χ2n) is 5.63. The van der Waals surface area contributed by atoms with Gasteiger partial charge in [0.15, 0.2) is 0 Å². The standard InChI is InChI=1S/C12H25NO3/c1-12(2,3)16-9-11(15)8-13-6-4-5-10(14)7-13/h10-11,14-15H,4-9H2,1-3H3. The van der Waals surface area contributed by atoms with E-state index in [1.807, 2.05) is 20.8 Å². The highest BCUT2D eigenvalue weighted by molar-refractivity contribution is 4.74. The molecule has 1 saturated heterocycles. The molecule has 0 amide bonds. The molecule has 0 spiro atoms. The molecular formula is C12H25NO3. The van der Waals surface area contributed by atoms with Crippen LogP contribution in [-0.2, 0) is 4.74 Å². The van der Waals surface area contributed by atoms with E-state index >= 15 is 0 Å². The molecule has 2 N–H and O–H groups in total. The van der Waals surface area contributed by atoms with Gasteiger partial charge in [-0.1, -0.05) is 0 Å². The van der Waals surface area contributed by atoms with Crippen molar-refractivity contribution in [2.45, 2.75) is 51.4 Å². The smallest absolute Gasteiger partial charge is 0.0900 e. The first-order valence-electron chi connectivity index (χ1n) is 6.09. The summed E-state index contributed by atoms with van der Waals surface area (Å²) in [5, 5.41) is 19.3. The average molecular weight is 231 g/mol. The summed E-state index contributed by atoms with van der Waals surface area (Å²) in [6.45, 7) is 8.51. The molecule has 4 heteroatoms. The molecule has 16 heavy (non-hydrogen) atoms. The lowest BCUT2D eigenvalue weighted by molar-refractivity contribution is -0.0608. The van der Waals surface area contributed by atoms with Crippen LogP contribution >= 0.6 is 0 Å². The predicted octanol–water partition coefficient (Wildman–Crippen LogP) is 0.619. The molecule has 0 aromatic heterocycles. The Hall–Kier alpha value is -0.160. The molecule has 1 fully saturated rings. The van der Waals surface area contributed by atoms with Crippen LogP contribution in [0.3, 0.4) is 0 Å². The normalized spacial score (nSPS) is 25.7. The topological polar surface area (TPSA) is 52.9 Å². The third-order valence-electron chi connectivity index (χ3n) is 2.66. The quantitative estimate of drug-likeness (QED) is 0.745. The first kappa shape index (κ1) is 13.9. The van der Waals surface area contributed by atoms with Gasteiger partial charge in [0.25, 0.3) is 0 Å². The van der Waals surface area contributed by atoms with Gasteiger partial charge in [0.2, 0.25) is 0 Å². The maximum Gasteiger partial charge on any atom is 0.0900 e. The van der Waals surface area contributed by atoms with Gasteiger partial charge in [-0.05, 0) is 40.2 Å². The Bertz CT molecular complexity index is 203. The van der Waals surface area contributed by atoms with E-state index in [1.165, 1.54) is 0 Å². The van der Waals surface area contributed by atoms with Crippen molar-refractivity contribution in [3.63, 3.8) is 0 Å². The highest BCUT2D eigenvalue weighted by atomic mass is 16.5. The van der Waals surface area contributed by atoms with E-state index in [-0.39, 0.29) is 11.7 Å². The summed E-state index contributed by atoms with van der Waals surface area (Å²) in [4.78, 5) is 2.10. The predicted molar refractivity (Wildman–Crippen MR) is 63.4 cm³/mol. The van der Waals surface area contributed by atoms with Crippen molar-refractivity contribution < 1.29 is 14.9 Å². The monoisotopic (exact) mass is 231 g/mol. The zero-order valence-corrected chi connectivity index (χ0v) is 10.6. The van der Waals surface area contributed by atoms with Gasteiger partial charge in [0.05, 0.1) is 24.4 Å².